The number of hydrogen-bond acceptors (Lipinski definition) is 9. The van der Waals surface area contributed by atoms with Gasteiger partial charge in [-0.25, -0.2) is 0 Å². The molecule has 56 heavy (non-hydrogen) atoms. The van der Waals surface area contributed by atoms with E-state index in [1.165, 1.54) is 6.20 Å². The number of aromatic nitrogens is 1. The number of halogens is 1. The fourth-order valence-electron chi connectivity index (χ4n) is 7.85. The lowest BCUT2D eigenvalue weighted by Gasteiger charge is -2.33. The van der Waals surface area contributed by atoms with E-state index in [2.05, 4.69) is 37.0 Å². The molecule has 2 fully saturated rings. The summed E-state index contributed by atoms with van der Waals surface area (Å²) in [6, 6.07) is 18.5. The summed E-state index contributed by atoms with van der Waals surface area (Å²) in [6.45, 7) is 9.55. The monoisotopic (exact) mass is 780 g/mol. The Bertz CT molecular complexity index is 2090. The van der Waals surface area contributed by atoms with Gasteiger partial charge in [0, 0.05) is 49.2 Å². The van der Waals surface area contributed by atoms with Crippen molar-refractivity contribution in [2.24, 2.45) is 5.92 Å². The second-order valence-electron chi connectivity index (χ2n) is 14.9. The molecule has 4 aromatic rings. The molecule has 3 aromatic carbocycles. The summed E-state index contributed by atoms with van der Waals surface area (Å²) >= 11 is 6.86. The molecule has 2 aliphatic heterocycles. The molecule has 0 radical (unpaired) electrons. The number of carbonyl (C=O) groups is 2. The van der Waals surface area contributed by atoms with E-state index < -0.39 is 24.0 Å². The zero-order valence-electron chi connectivity index (χ0n) is 32.2. The van der Waals surface area contributed by atoms with Crippen LogP contribution in [0.3, 0.4) is 0 Å². The van der Waals surface area contributed by atoms with Crippen LogP contribution in [0.15, 0.2) is 67.0 Å². The summed E-state index contributed by atoms with van der Waals surface area (Å²) in [4.78, 5) is 31.9. The van der Waals surface area contributed by atoms with Gasteiger partial charge < -0.3 is 24.4 Å². The normalized spacial score (nSPS) is 18.7. The predicted octanol–water partition coefficient (Wildman–Crippen LogP) is 8.05. The number of hydrogen-bond donors (Lipinski definition) is 2. The minimum absolute atomic E-state index is 0.144. The van der Waals surface area contributed by atoms with Gasteiger partial charge in [-0.3, -0.25) is 24.4 Å². The Morgan fingerprint density at radius 1 is 0.875 bits per heavy atom. The maximum absolute atomic E-state index is 12.1. The van der Waals surface area contributed by atoms with Gasteiger partial charge in [0.15, 0.2) is 0 Å². The third-order valence-electron chi connectivity index (χ3n) is 10.9. The van der Waals surface area contributed by atoms with E-state index in [0.29, 0.717) is 67.1 Å². The number of ether oxygens (including phenoxy) is 3. The van der Waals surface area contributed by atoms with Gasteiger partial charge in [-0.2, -0.15) is 5.26 Å². The molecule has 12 heteroatoms. The number of likely N-dealkylation sites (tertiary alicyclic amines) is 2. The molecular weight excluding hydrogens is 732 g/mol. The first-order valence-corrected chi connectivity index (χ1v) is 19.6. The molecule has 2 aliphatic rings. The van der Waals surface area contributed by atoms with Gasteiger partial charge in [0.1, 0.15) is 48.6 Å². The van der Waals surface area contributed by atoms with Crippen LogP contribution in [0.25, 0.3) is 11.1 Å². The molecule has 0 amide bonds. The summed E-state index contributed by atoms with van der Waals surface area (Å²) in [5.74, 6) is 0.507. The summed E-state index contributed by atoms with van der Waals surface area (Å²) in [7, 11) is 0. The number of piperidine rings is 1. The average Bonchev–Trinajstić information content (AvgIpc) is 3.57. The van der Waals surface area contributed by atoms with Crippen molar-refractivity contribution < 1.29 is 34.0 Å². The standard InChI is InChI=1S/C44H49ClN4O7/c1-28-17-39(44(52)53)48(24-28)15-8-16-54-40-13-7-11-36(30(40)3)35-10-6-9-33(29(35)2)27-56-42-20-41(55-26-32-18-31(21-46)22-47-23-32)34(19-37(42)45)25-49-14-5-4-12-38(49)43(50)51/h6-7,9-11,13,18-20,22-23,28,38-39H,4-5,8,12,14-17,24-27H2,1-3H3,(H,50,51)(H,52,53)/t28-,38+,39+/m1/s1. The maximum Gasteiger partial charge on any atom is 0.320 e. The van der Waals surface area contributed by atoms with Crippen molar-refractivity contribution in [2.45, 2.75) is 84.7 Å². The van der Waals surface area contributed by atoms with Crippen LogP contribution >= 0.6 is 11.6 Å². The molecule has 1 aromatic heterocycles. The zero-order chi connectivity index (χ0) is 39.8. The Morgan fingerprint density at radius 2 is 1.62 bits per heavy atom. The van der Waals surface area contributed by atoms with Crippen LogP contribution in [-0.2, 0) is 29.3 Å². The van der Waals surface area contributed by atoms with Crippen LogP contribution in [0, 0.1) is 31.1 Å². The van der Waals surface area contributed by atoms with Crippen molar-refractivity contribution in [3.8, 4) is 34.4 Å². The highest BCUT2D eigenvalue weighted by Crippen LogP contribution is 2.37. The fraction of sp³-hybridized carbons (Fsp3) is 0.409. The van der Waals surface area contributed by atoms with Crippen molar-refractivity contribution in [3.05, 3.63) is 105 Å². The molecule has 11 nitrogen and oxygen atoms in total. The van der Waals surface area contributed by atoms with Gasteiger partial charge in [-0.05, 0) is 98.0 Å². The van der Waals surface area contributed by atoms with Crippen molar-refractivity contribution >= 4 is 23.5 Å². The fourth-order valence-corrected chi connectivity index (χ4v) is 8.09. The van der Waals surface area contributed by atoms with Crippen LogP contribution in [-0.4, -0.2) is 75.3 Å². The van der Waals surface area contributed by atoms with Crippen molar-refractivity contribution in [1.29, 1.82) is 5.26 Å². The zero-order valence-corrected chi connectivity index (χ0v) is 32.9. The van der Waals surface area contributed by atoms with Crippen LogP contribution in [0.2, 0.25) is 5.02 Å². The molecule has 0 bridgehead atoms. The Hall–Kier alpha value is -5.15. The van der Waals surface area contributed by atoms with E-state index in [4.69, 9.17) is 25.8 Å². The molecule has 6 rings (SSSR count). The summed E-state index contributed by atoms with van der Waals surface area (Å²) in [6.07, 6.45) is 6.90. The number of carboxylic acids is 2. The Morgan fingerprint density at radius 3 is 2.39 bits per heavy atom. The highest BCUT2D eigenvalue weighted by atomic mass is 35.5. The molecule has 3 atom stereocenters. The average molecular weight is 781 g/mol. The SMILES string of the molecule is Cc1c(COc2cc(OCc3cncc(C#N)c3)c(CN3CCCC[C@H]3C(=O)O)cc2Cl)cccc1-c1cccc(OCCCN2C[C@H](C)C[C@H]2C(=O)O)c1C. The molecule has 2 N–H and O–H groups in total. The van der Waals surface area contributed by atoms with E-state index in [1.54, 1.807) is 24.4 Å². The quantitative estimate of drug-likeness (QED) is 0.107. The Balaban J connectivity index is 1.17. The first-order valence-electron chi connectivity index (χ1n) is 19.2. The van der Waals surface area contributed by atoms with E-state index in [0.717, 1.165) is 70.5 Å². The van der Waals surface area contributed by atoms with Crippen molar-refractivity contribution in [1.82, 2.24) is 14.8 Å². The second kappa shape index (κ2) is 18.7. The topological polar surface area (TPSA) is 145 Å². The van der Waals surface area contributed by atoms with E-state index in [9.17, 15) is 25.1 Å². The highest BCUT2D eigenvalue weighted by molar-refractivity contribution is 6.32. The number of pyridine rings is 1. The lowest BCUT2D eigenvalue weighted by molar-refractivity contribution is -0.145. The van der Waals surface area contributed by atoms with Crippen LogP contribution in [0.1, 0.15) is 72.4 Å². The summed E-state index contributed by atoms with van der Waals surface area (Å²) < 4.78 is 18.9. The molecule has 3 heterocycles. The highest BCUT2D eigenvalue weighted by Gasteiger charge is 2.34. The Kier molecular flexibility index (Phi) is 13.5. The molecule has 0 spiro atoms. The van der Waals surface area contributed by atoms with E-state index in [1.807, 2.05) is 41.0 Å². The molecular formula is C44H49ClN4O7. The summed E-state index contributed by atoms with van der Waals surface area (Å²) in [5.41, 5.74) is 7.03. The Labute approximate surface area is 333 Å². The maximum atomic E-state index is 12.1. The smallest absolute Gasteiger partial charge is 0.320 e. The van der Waals surface area contributed by atoms with Crippen LogP contribution in [0.5, 0.6) is 17.2 Å². The van der Waals surface area contributed by atoms with Gasteiger partial charge in [0.05, 0.1) is 17.2 Å². The van der Waals surface area contributed by atoms with Crippen LogP contribution in [0.4, 0.5) is 0 Å². The number of aliphatic carboxylic acids is 2. The molecule has 0 aliphatic carbocycles. The molecule has 0 saturated carbocycles. The molecule has 2 saturated heterocycles. The van der Waals surface area contributed by atoms with E-state index >= 15 is 0 Å². The third-order valence-corrected chi connectivity index (χ3v) is 11.1. The van der Waals surface area contributed by atoms with Gasteiger partial charge in [0.25, 0.3) is 0 Å². The van der Waals surface area contributed by atoms with Crippen molar-refractivity contribution in [2.75, 3.05) is 26.2 Å². The first-order chi connectivity index (χ1) is 27.0. The van der Waals surface area contributed by atoms with Gasteiger partial charge in [-0.15, -0.1) is 0 Å². The largest absolute Gasteiger partial charge is 0.493 e. The lowest BCUT2D eigenvalue weighted by atomic mass is 9.93. The predicted molar refractivity (Wildman–Crippen MR) is 213 cm³/mol. The van der Waals surface area contributed by atoms with Gasteiger partial charge in [-0.1, -0.05) is 55.3 Å². The van der Waals surface area contributed by atoms with Crippen LogP contribution < -0.4 is 14.2 Å². The third kappa shape index (κ3) is 9.80. The summed E-state index contributed by atoms with van der Waals surface area (Å²) in [5, 5.41) is 29.2. The minimum atomic E-state index is -0.843. The van der Waals surface area contributed by atoms with Gasteiger partial charge >= 0.3 is 11.9 Å². The number of nitrogens with zero attached hydrogens (tertiary/aromatic N) is 4. The first kappa shape index (κ1) is 40.5. The molecule has 0 unspecified atom stereocenters. The number of benzene rings is 3. The lowest BCUT2D eigenvalue weighted by Crippen LogP contribution is -2.44. The number of rotatable bonds is 16. The number of nitriles is 1. The van der Waals surface area contributed by atoms with Crippen molar-refractivity contribution in [3.63, 3.8) is 0 Å². The minimum Gasteiger partial charge on any atom is -0.493 e. The van der Waals surface area contributed by atoms with E-state index in [-0.39, 0.29) is 13.2 Å². The van der Waals surface area contributed by atoms with Gasteiger partial charge in [0.2, 0.25) is 0 Å². The number of carboxylic acid groups (broad SMARTS) is 2. The second-order valence-corrected chi connectivity index (χ2v) is 15.3. The molecule has 294 valence electrons.